The normalized spacial score (nSPS) is 11.0. The molecule has 122 valence electrons. The van der Waals surface area contributed by atoms with Crippen molar-refractivity contribution in [2.45, 2.75) is 6.92 Å². The van der Waals surface area contributed by atoms with E-state index >= 15 is 0 Å². The average Bonchev–Trinajstić information content (AvgIpc) is 2.67. The molecule has 0 aliphatic rings. The highest BCUT2D eigenvalue weighted by Gasteiger charge is 2.18. The van der Waals surface area contributed by atoms with Crippen molar-refractivity contribution < 1.29 is 9.53 Å². The second-order valence-electron chi connectivity index (χ2n) is 6.17. The zero-order chi connectivity index (χ0) is 17.4. The van der Waals surface area contributed by atoms with Gasteiger partial charge in [0, 0.05) is 11.1 Å². The van der Waals surface area contributed by atoms with E-state index in [1.165, 1.54) is 10.8 Å². The monoisotopic (exact) mass is 326 g/mol. The molecule has 4 aromatic carbocycles. The van der Waals surface area contributed by atoms with Crippen LogP contribution in [0.4, 0.5) is 0 Å². The first kappa shape index (κ1) is 15.4. The summed E-state index contributed by atoms with van der Waals surface area (Å²) in [5.41, 5.74) is 3.71. The van der Waals surface area contributed by atoms with Crippen molar-refractivity contribution in [3.8, 4) is 16.9 Å². The molecule has 25 heavy (non-hydrogen) atoms. The van der Waals surface area contributed by atoms with Crippen molar-refractivity contribution >= 4 is 27.8 Å². The second-order valence-corrected chi connectivity index (χ2v) is 6.17. The maximum absolute atomic E-state index is 12.0. The van der Waals surface area contributed by atoms with Gasteiger partial charge < -0.3 is 4.74 Å². The first-order chi connectivity index (χ1) is 12.2. The number of hydrogen-bond acceptors (Lipinski definition) is 2. The Kier molecular flexibility index (Phi) is 3.73. The van der Waals surface area contributed by atoms with E-state index in [0.29, 0.717) is 5.56 Å². The summed E-state index contributed by atoms with van der Waals surface area (Å²) >= 11 is 0. The standard InChI is InChI=1S/C23H18O2/c1-15-18-9-5-3-7-16(18)11-12-19(15)23-21(14-24)20-10-6-4-8-17(20)13-22(23)25-2/h3-14H,1-2H3. The third-order valence-corrected chi connectivity index (χ3v) is 4.86. The lowest BCUT2D eigenvalue weighted by Crippen LogP contribution is -1.97. The Morgan fingerprint density at radius 1 is 0.840 bits per heavy atom. The van der Waals surface area contributed by atoms with Crippen molar-refractivity contribution in [2.75, 3.05) is 7.11 Å². The molecule has 4 rings (SSSR count). The maximum Gasteiger partial charge on any atom is 0.151 e. The Balaban J connectivity index is 2.13. The molecule has 0 aromatic heterocycles. The smallest absolute Gasteiger partial charge is 0.151 e. The highest BCUT2D eigenvalue weighted by atomic mass is 16.5. The van der Waals surface area contributed by atoms with Gasteiger partial charge in [0.15, 0.2) is 6.29 Å². The molecule has 0 unspecified atom stereocenters. The number of carbonyl (C=O) groups excluding carboxylic acids is 1. The van der Waals surface area contributed by atoms with Gasteiger partial charge in [-0.15, -0.1) is 0 Å². The van der Waals surface area contributed by atoms with Gasteiger partial charge in [0.1, 0.15) is 5.75 Å². The number of methoxy groups -OCH3 is 1. The van der Waals surface area contributed by atoms with Crippen LogP contribution in [0, 0.1) is 6.92 Å². The van der Waals surface area contributed by atoms with Crippen molar-refractivity contribution in [3.63, 3.8) is 0 Å². The number of fused-ring (bicyclic) bond motifs is 2. The average molecular weight is 326 g/mol. The van der Waals surface area contributed by atoms with E-state index < -0.39 is 0 Å². The number of rotatable bonds is 3. The van der Waals surface area contributed by atoms with Crippen LogP contribution in [-0.4, -0.2) is 13.4 Å². The Hall–Kier alpha value is -3.13. The van der Waals surface area contributed by atoms with Gasteiger partial charge in [0.2, 0.25) is 0 Å². The van der Waals surface area contributed by atoms with Gasteiger partial charge in [-0.05, 0) is 45.7 Å². The fraction of sp³-hybridized carbons (Fsp3) is 0.0870. The van der Waals surface area contributed by atoms with E-state index in [-0.39, 0.29) is 0 Å². The zero-order valence-corrected chi connectivity index (χ0v) is 14.2. The number of aldehydes is 1. The quantitative estimate of drug-likeness (QED) is 0.445. The molecule has 0 spiro atoms. The zero-order valence-electron chi connectivity index (χ0n) is 14.2. The van der Waals surface area contributed by atoms with E-state index in [4.69, 9.17) is 4.74 Å². The van der Waals surface area contributed by atoms with E-state index in [1.54, 1.807) is 7.11 Å². The van der Waals surface area contributed by atoms with E-state index in [2.05, 4.69) is 31.2 Å². The lowest BCUT2D eigenvalue weighted by molar-refractivity contribution is 0.112. The molecular weight excluding hydrogens is 308 g/mol. The lowest BCUT2D eigenvalue weighted by atomic mass is 9.89. The number of hydrogen-bond donors (Lipinski definition) is 0. The molecule has 0 atom stereocenters. The van der Waals surface area contributed by atoms with Gasteiger partial charge in [-0.1, -0.05) is 60.7 Å². The minimum Gasteiger partial charge on any atom is -0.496 e. The molecule has 0 fully saturated rings. The van der Waals surface area contributed by atoms with E-state index in [0.717, 1.165) is 39.5 Å². The number of aryl methyl sites for hydroxylation is 1. The first-order valence-corrected chi connectivity index (χ1v) is 8.28. The van der Waals surface area contributed by atoms with Gasteiger partial charge in [-0.2, -0.15) is 0 Å². The van der Waals surface area contributed by atoms with Crippen LogP contribution in [0.5, 0.6) is 5.75 Å². The third-order valence-electron chi connectivity index (χ3n) is 4.86. The topological polar surface area (TPSA) is 26.3 Å². The van der Waals surface area contributed by atoms with Crippen molar-refractivity contribution in [2.24, 2.45) is 0 Å². The molecule has 0 N–H and O–H groups in total. The molecule has 2 nitrogen and oxygen atoms in total. The van der Waals surface area contributed by atoms with Crippen LogP contribution in [0.1, 0.15) is 15.9 Å². The van der Waals surface area contributed by atoms with E-state index in [9.17, 15) is 4.79 Å². The van der Waals surface area contributed by atoms with Gasteiger partial charge in [-0.25, -0.2) is 0 Å². The summed E-state index contributed by atoms with van der Waals surface area (Å²) in [5.74, 6) is 0.721. The summed E-state index contributed by atoms with van der Waals surface area (Å²) in [6.45, 7) is 2.10. The third kappa shape index (κ3) is 2.38. The summed E-state index contributed by atoms with van der Waals surface area (Å²) < 4.78 is 5.66. The van der Waals surface area contributed by atoms with Crippen molar-refractivity contribution in [1.82, 2.24) is 0 Å². The summed E-state index contributed by atoms with van der Waals surface area (Å²) in [6.07, 6.45) is 0.939. The van der Waals surface area contributed by atoms with E-state index in [1.807, 2.05) is 42.5 Å². The van der Waals surface area contributed by atoms with Crippen LogP contribution in [0.3, 0.4) is 0 Å². The minimum absolute atomic E-state index is 0.674. The Labute approximate surface area is 146 Å². The Morgan fingerprint density at radius 3 is 2.24 bits per heavy atom. The highest BCUT2D eigenvalue weighted by molar-refractivity contribution is 6.08. The van der Waals surface area contributed by atoms with Gasteiger partial charge in [0.25, 0.3) is 0 Å². The fourth-order valence-electron chi connectivity index (χ4n) is 3.61. The molecule has 0 saturated heterocycles. The lowest BCUT2D eigenvalue weighted by Gasteiger charge is -2.17. The number of ether oxygens (including phenoxy) is 1. The van der Waals surface area contributed by atoms with Crippen LogP contribution >= 0.6 is 0 Å². The first-order valence-electron chi connectivity index (χ1n) is 8.28. The van der Waals surface area contributed by atoms with Crippen LogP contribution in [0.2, 0.25) is 0 Å². The van der Waals surface area contributed by atoms with Crippen LogP contribution in [0.25, 0.3) is 32.7 Å². The largest absolute Gasteiger partial charge is 0.496 e. The van der Waals surface area contributed by atoms with Crippen molar-refractivity contribution in [3.05, 3.63) is 77.9 Å². The predicted octanol–water partition coefficient (Wildman–Crippen LogP) is 5.79. The van der Waals surface area contributed by atoms with Crippen molar-refractivity contribution in [1.29, 1.82) is 0 Å². The SMILES string of the molecule is COc1cc2ccccc2c(C=O)c1-c1ccc2ccccc2c1C. The molecule has 4 aromatic rings. The molecule has 0 aliphatic heterocycles. The number of benzene rings is 4. The molecule has 0 amide bonds. The molecule has 0 aliphatic carbocycles. The summed E-state index contributed by atoms with van der Waals surface area (Å²) in [5, 5.41) is 4.33. The predicted molar refractivity (Wildman–Crippen MR) is 104 cm³/mol. The minimum atomic E-state index is 0.674. The Morgan fingerprint density at radius 2 is 1.52 bits per heavy atom. The van der Waals surface area contributed by atoms with Gasteiger partial charge in [0.05, 0.1) is 7.11 Å². The summed E-state index contributed by atoms with van der Waals surface area (Å²) in [7, 11) is 1.65. The molecular formula is C23H18O2. The van der Waals surface area contributed by atoms with Crippen LogP contribution < -0.4 is 4.74 Å². The summed E-state index contributed by atoms with van der Waals surface area (Å²) in [4.78, 5) is 12.0. The summed E-state index contributed by atoms with van der Waals surface area (Å²) in [6, 6.07) is 22.4. The molecule has 0 heterocycles. The molecule has 0 saturated carbocycles. The Bertz CT molecular complexity index is 1110. The second kappa shape index (κ2) is 6.06. The highest BCUT2D eigenvalue weighted by Crippen LogP contribution is 2.40. The molecule has 2 heteroatoms. The maximum atomic E-state index is 12.0. The van der Waals surface area contributed by atoms with Gasteiger partial charge >= 0.3 is 0 Å². The molecule has 0 radical (unpaired) electrons. The fourth-order valence-corrected chi connectivity index (χ4v) is 3.61. The van der Waals surface area contributed by atoms with Crippen LogP contribution in [0.15, 0.2) is 66.7 Å². The number of carbonyl (C=O) groups is 1. The van der Waals surface area contributed by atoms with Crippen LogP contribution in [-0.2, 0) is 0 Å². The molecule has 0 bridgehead atoms. The van der Waals surface area contributed by atoms with Gasteiger partial charge in [-0.3, -0.25) is 4.79 Å².